The fourth-order valence-electron chi connectivity index (χ4n) is 1.43. The van der Waals surface area contributed by atoms with Crippen LogP contribution in [-0.2, 0) is 19.1 Å². The first-order chi connectivity index (χ1) is 9.67. The van der Waals surface area contributed by atoms with Gasteiger partial charge in [0.25, 0.3) is 0 Å². The Hall–Kier alpha value is -1.73. The molecule has 0 saturated heterocycles. The van der Waals surface area contributed by atoms with Gasteiger partial charge in [-0.3, -0.25) is 9.59 Å². The molecular weight excluding hydrogens is 280 g/mol. The molecule has 20 heavy (non-hydrogen) atoms. The maximum absolute atomic E-state index is 12.1. The molecule has 0 aromatic carbocycles. The van der Waals surface area contributed by atoms with E-state index in [1.54, 1.807) is 23.6 Å². The first-order valence-corrected chi connectivity index (χ1v) is 7.02. The molecule has 0 N–H and O–H groups in total. The number of nitrogens with zero attached hydrogens (tertiary/aromatic N) is 2. The van der Waals surface area contributed by atoms with Crippen LogP contribution in [0.4, 0.5) is 0 Å². The summed E-state index contributed by atoms with van der Waals surface area (Å²) in [6, 6.07) is 0. The number of carbonyl (C=O) groups excluding carboxylic acids is 2. The monoisotopic (exact) mass is 298 g/mol. The van der Waals surface area contributed by atoms with Crippen molar-refractivity contribution in [1.82, 2.24) is 9.88 Å². The number of amides is 1. The summed E-state index contributed by atoms with van der Waals surface area (Å²) in [6.45, 7) is 1.14. The summed E-state index contributed by atoms with van der Waals surface area (Å²) >= 11 is 1.46. The molecule has 1 heterocycles. The molecular formula is C13H18N2O4S. The lowest BCUT2D eigenvalue weighted by molar-refractivity contribution is -0.141. The zero-order valence-electron chi connectivity index (χ0n) is 11.6. The molecule has 6 nitrogen and oxygen atoms in total. The first kappa shape index (κ1) is 16.3. The number of carbonyl (C=O) groups is 2. The third-order valence-corrected chi connectivity index (χ3v) is 3.14. The Balaban J connectivity index is 2.56. The zero-order chi connectivity index (χ0) is 14.8. The van der Waals surface area contributed by atoms with Crippen LogP contribution in [0.15, 0.2) is 17.0 Å². The minimum atomic E-state index is -0.344. The van der Waals surface area contributed by atoms with Gasteiger partial charge in [-0.15, -0.1) is 11.3 Å². The highest BCUT2D eigenvalue weighted by Crippen LogP contribution is 2.04. The lowest BCUT2D eigenvalue weighted by Crippen LogP contribution is -2.34. The summed E-state index contributed by atoms with van der Waals surface area (Å²) in [5, 5.41) is 1.84. The molecule has 0 unspecified atom stereocenters. The minimum absolute atomic E-state index is 0.163. The van der Waals surface area contributed by atoms with Crippen LogP contribution >= 0.6 is 11.3 Å². The minimum Gasteiger partial charge on any atom is -0.469 e. The fourth-order valence-corrected chi connectivity index (χ4v) is 1.95. The summed E-state index contributed by atoms with van der Waals surface area (Å²) in [6.07, 6.45) is 3.26. The van der Waals surface area contributed by atoms with Gasteiger partial charge in [0.1, 0.15) is 0 Å². The molecule has 0 saturated carbocycles. The van der Waals surface area contributed by atoms with Crippen LogP contribution in [-0.4, -0.2) is 55.7 Å². The summed E-state index contributed by atoms with van der Waals surface area (Å²) in [7, 11) is 2.89. The number of hydrogen-bond acceptors (Lipinski definition) is 6. The van der Waals surface area contributed by atoms with Crippen molar-refractivity contribution < 1.29 is 19.1 Å². The van der Waals surface area contributed by atoms with Crippen molar-refractivity contribution in [1.29, 1.82) is 0 Å². The Morgan fingerprint density at radius 2 is 2.20 bits per heavy atom. The van der Waals surface area contributed by atoms with E-state index in [-0.39, 0.29) is 18.3 Å². The van der Waals surface area contributed by atoms with E-state index in [0.717, 1.165) is 5.69 Å². The van der Waals surface area contributed by atoms with Crippen LogP contribution in [0.5, 0.6) is 0 Å². The van der Waals surface area contributed by atoms with Crippen LogP contribution in [0.25, 0.3) is 6.08 Å². The van der Waals surface area contributed by atoms with Gasteiger partial charge in [0.05, 0.1) is 31.3 Å². The number of rotatable bonds is 8. The lowest BCUT2D eigenvalue weighted by atomic mass is 10.3. The summed E-state index contributed by atoms with van der Waals surface area (Å²) < 4.78 is 9.53. The SMILES string of the molecule is COCCN(CCC(=O)OC)C(=O)/C=C/c1cscn1. The van der Waals surface area contributed by atoms with Crippen LogP contribution in [0, 0.1) is 0 Å². The van der Waals surface area contributed by atoms with Gasteiger partial charge in [-0.2, -0.15) is 0 Å². The van der Waals surface area contributed by atoms with E-state index in [1.807, 2.05) is 5.38 Å². The Bertz CT molecular complexity index is 445. The standard InChI is InChI=1S/C13H18N2O4S/c1-18-8-7-15(6-5-13(17)19-2)12(16)4-3-11-9-20-10-14-11/h3-4,9-10H,5-8H2,1-2H3/b4-3+. The molecule has 0 atom stereocenters. The Morgan fingerprint density at radius 1 is 1.40 bits per heavy atom. The Kier molecular flexibility index (Phi) is 7.52. The molecule has 1 amide bonds. The summed E-state index contributed by atoms with van der Waals surface area (Å²) in [5.74, 6) is -0.525. The van der Waals surface area contributed by atoms with Gasteiger partial charge in [-0.05, 0) is 6.08 Å². The van der Waals surface area contributed by atoms with Gasteiger partial charge < -0.3 is 14.4 Å². The third-order valence-electron chi connectivity index (χ3n) is 2.54. The number of methoxy groups -OCH3 is 2. The van der Waals surface area contributed by atoms with E-state index in [0.29, 0.717) is 19.7 Å². The van der Waals surface area contributed by atoms with Gasteiger partial charge in [0.15, 0.2) is 0 Å². The summed E-state index contributed by atoms with van der Waals surface area (Å²) in [5.41, 5.74) is 2.44. The molecule has 110 valence electrons. The number of esters is 1. The number of aromatic nitrogens is 1. The van der Waals surface area contributed by atoms with E-state index in [4.69, 9.17) is 4.74 Å². The topological polar surface area (TPSA) is 68.7 Å². The van der Waals surface area contributed by atoms with Gasteiger partial charge in [-0.25, -0.2) is 4.98 Å². The van der Waals surface area contributed by atoms with Gasteiger partial charge >= 0.3 is 5.97 Å². The molecule has 1 aromatic rings. The van der Waals surface area contributed by atoms with Crippen molar-refractivity contribution in [2.75, 3.05) is 33.9 Å². The molecule has 0 aliphatic heterocycles. The second-order valence-electron chi connectivity index (χ2n) is 3.89. The number of ether oxygens (including phenoxy) is 2. The average molecular weight is 298 g/mol. The molecule has 1 aromatic heterocycles. The number of thiazole rings is 1. The predicted molar refractivity (Wildman–Crippen MR) is 76.2 cm³/mol. The van der Waals surface area contributed by atoms with Crippen LogP contribution in [0.2, 0.25) is 0 Å². The third kappa shape index (κ3) is 5.94. The normalized spacial score (nSPS) is 10.7. The van der Waals surface area contributed by atoms with E-state index < -0.39 is 0 Å². The second kappa shape index (κ2) is 9.22. The van der Waals surface area contributed by atoms with Gasteiger partial charge in [0.2, 0.25) is 5.91 Å². The molecule has 0 aliphatic carbocycles. The highest BCUT2D eigenvalue weighted by atomic mass is 32.1. The molecule has 1 rings (SSSR count). The van der Waals surface area contributed by atoms with Crippen molar-refractivity contribution in [2.45, 2.75) is 6.42 Å². The lowest BCUT2D eigenvalue weighted by Gasteiger charge is -2.20. The molecule has 0 aliphatic rings. The molecule has 0 radical (unpaired) electrons. The zero-order valence-corrected chi connectivity index (χ0v) is 12.4. The highest BCUT2D eigenvalue weighted by Gasteiger charge is 2.12. The maximum Gasteiger partial charge on any atom is 0.307 e. The van der Waals surface area contributed by atoms with Crippen LogP contribution < -0.4 is 0 Å². The molecule has 0 fully saturated rings. The molecule has 0 spiro atoms. The maximum atomic E-state index is 12.1. The molecule has 7 heteroatoms. The van der Waals surface area contributed by atoms with Crippen molar-refractivity contribution in [2.24, 2.45) is 0 Å². The van der Waals surface area contributed by atoms with Gasteiger partial charge in [-0.1, -0.05) is 0 Å². The average Bonchev–Trinajstić information content (AvgIpc) is 2.97. The largest absolute Gasteiger partial charge is 0.469 e. The second-order valence-corrected chi connectivity index (χ2v) is 4.61. The smallest absolute Gasteiger partial charge is 0.307 e. The molecule has 0 bridgehead atoms. The van der Waals surface area contributed by atoms with Crippen LogP contribution in [0.3, 0.4) is 0 Å². The fraction of sp³-hybridized carbons (Fsp3) is 0.462. The van der Waals surface area contributed by atoms with Crippen molar-refractivity contribution in [3.05, 3.63) is 22.7 Å². The Morgan fingerprint density at radius 3 is 2.80 bits per heavy atom. The van der Waals surface area contributed by atoms with E-state index in [1.165, 1.54) is 24.5 Å². The Labute approximate surface area is 122 Å². The quantitative estimate of drug-likeness (QED) is 0.533. The highest BCUT2D eigenvalue weighted by molar-refractivity contribution is 7.07. The summed E-state index contributed by atoms with van der Waals surface area (Å²) in [4.78, 5) is 28.8. The van der Waals surface area contributed by atoms with Crippen LogP contribution in [0.1, 0.15) is 12.1 Å². The van der Waals surface area contributed by atoms with E-state index >= 15 is 0 Å². The van der Waals surface area contributed by atoms with Crippen molar-refractivity contribution in [3.63, 3.8) is 0 Å². The predicted octanol–water partition coefficient (Wildman–Crippen LogP) is 1.19. The van der Waals surface area contributed by atoms with E-state index in [9.17, 15) is 9.59 Å². The van der Waals surface area contributed by atoms with Crippen molar-refractivity contribution >= 4 is 29.3 Å². The van der Waals surface area contributed by atoms with Gasteiger partial charge in [0, 0.05) is 31.7 Å². The number of hydrogen-bond donors (Lipinski definition) is 0. The first-order valence-electron chi connectivity index (χ1n) is 6.08. The van der Waals surface area contributed by atoms with E-state index in [2.05, 4.69) is 9.72 Å². The van der Waals surface area contributed by atoms with Crippen molar-refractivity contribution in [3.8, 4) is 0 Å².